The van der Waals surface area contributed by atoms with Crippen molar-refractivity contribution in [1.29, 1.82) is 0 Å². The zero-order chi connectivity index (χ0) is 23.4. The van der Waals surface area contributed by atoms with Crippen molar-refractivity contribution in [2.75, 3.05) is 5.32 Å². The molecule has 1 N–H and O–H groups in total. The van der Waals surface area contributed by atoms with E-state index in [4.69, 9.17) is 9.15 Å². The molecule has 7 nitrogen and oxygen atoms in total. The molecule has 0 unspecified atom stereocenters. The molecule has 0 atom stereocenters. The van der Waals surface area contributed by atoms with E-state index in [1.165, 1.54) is 0 Å². The van der Waals surface area contributed by atoms with Crippen LogP contribution in [0.4, 0.5) is 10.5 Å². The lowest BCUT2D eigenvalue weighted by Gasteiger charge is -2.07. The number of hydrogen-bond donors (Lipinski definition) is 1. The van der Waals surface area contributed by atoms with Crippen molar-refractivity contribution in [2.24, 2.45) is 0 Å². The minimum atomic E-state index is -3.83. The van der Waals surface area contributed by atoms with Gasteiger partial charge in [-0.25, -0.2) is 18.2 Å². The van der Waals surface area contributed by atoms with Crippen molar-refractivity contribution in [2.45, 2.75) is 30.4 Å². The summed E-state index contributed by atoms with van der Waals surface area (Å²) in [4.78, 5) is 16.5. The highest BCUT2D eigenvalue weighted by Crippen LogP contribution is 2.29. The monoisotopic (exact) mass is 462 g/mol. The van der Waals surface area contributed by atoms with Crippen LogP contribution in [0.25, 0.3) is 11.5 Å². The molecule has 1 heterocycles. The third-order valence-corrected chi connectivity index (χ3v) is 6.68. The average molecular weight is 463 g/mol. The Morgan fingerprint density at radius 3 is 2.27 bits per heavy atom. The molecule has 1 amide bonds. The average Bonchev–Trinajstić information content (AvgIpc) is 3.22. The lowest BCUT2D eigenvalue weighted by atomic mass is 10.2. The highest BCUT2D eigenvalue weighted by atomic mass is 32.2. The number of hydrogen-bond acceptors (Lipinski definition) is 6. The molecule has 0 saturated heterocycles. The first-order chi connectivity index (χ1) is 15.8. The summed E-state index contributed by atoms with van der Waals surface area (Å²) in [6, 6.07) is 22.6. The topological polar surface area (TPSA) is 98.5 Å². The zero-order valence-electron chi connectivity index (χ0n) is 18.1. The minimum absolute atomic E-state index is 0.146. The second-order valence-corrected chi connectivity index (χ2v) is 9.32. The highest BCUT2D eigenvalue weighted by molar-refractivity contribution is 7.91. The molecule has 0 aliphatic carbocycles. The Labute approximate surface area is 192 Å². The summed E-state index contributed by atoms with van der Waals surface area (Å²) >= 11 is 0. The summed E-state index contributed by atoms with van der Waals surface area (Å²) in [7, 11) is -3.83. The van der Waals surface area contributed by atoms with E-state index in [0.717, 1.165) is 11.1 Å². The number of benzene rings is 3. The van der Waals surface area contributed by atoms with Crippen LogP contribution in [0, 0.1) is 13.8 Å². The van der Waals surface area contributed by atoms with Gasteiger partial charge in [0.2, 0.25) is 20.8 Å². The van der Waals surface area contributed by atoms with Crippen molar-refractivity contribution in [3.05, 3.63) is 95.7 Å². The van der Waals surface area contributed by atoms with Crippen molar-refractivity contribution >= 4 is 21.6 Å². The molecular formula is C25H22N2O5S. The largest absolute Gasteiger partial charge is 0.444 e. The maximum Gasteiger partial charge on any atom is 0.411 e. The molecule has 0 spiro atoms. The molecule has 0 aliphatic rings. The molecule has 168 valence electrons. The maximum absolute atomic E-state index is 13.0. The van der Waals surface area contributed by atoms with E-state index in [9.17, 15) is 13.2 Å². The number of carbonyl (C=O) groups is 1. The van der Waals surface area contributed by atoms with E-state index in [0.29, 0.717) is 11.3 Å². The van der Waals surface area contributed by atoms with Gasteiger partial charge in [0.05, 0.1) is 10.6 Å². The van der Waals surface area contributed by atoms with Crippen LogP contribution in [0.3, 0.4) is 0 Å². The van der Waals surface area contributed by atoms with Crippen LogP contribution in [0.2, 0.25) is 0 Å². The van der Waals surface area contributed by atoms with Crippen LogP contribution in [0.5, 0.6) is 0 Å². The number of anilines is 1. The van der Waals surface area contributed by atoms with E-state index in [1.54, 1.807) is 55.5 Å². The Balaban J connectivity index is 1.46. The lowest BCUT2D eigenvalue weighted by molar-refractivity contribution is 0.155. The van der Waals surface area contributed by atoms with Gasteiger partial charge in [-0.15, -0.1) is 0 Å². The summed E-state index contributed by atoms with van der Waals surface area (Å²) in [5.41, 5.74) is 3.22. The number of ether oxygens (including phenoxy) is 1. The van der Waals surface area contributed by atoms with Crippen LogP contribution in [-0.4, -0.2) is 19.5 Å². The van der Waals surface area contributed by atoms with Gasteiger partial charge in [-0.05, 0) is 55.8 Å². The third-order valence-electron chi connectivity index (χ3n) is 4.92. The number of nitrogens with one attached hydrogen (secondary N) is 1. The second kappa shape index (κ2) is 9.30. The van der Waals surface area contributed by atoms with Gasteiger partial charge < -0.3 is 9.15 Å². The molecule has 4 aromatic rings. The molecular weight excluding hydrogens is 440 g/mol. The first-order valence-corrected chi connectivity index (χ1v) is 11.7. The molecule has 3 aromatic carbocycles. The van der Waals surface area contributed by atoms with Gasteiger partial charge in [-0.3, -0.25) is 5.32 Å². The Kier molecular flexibility index (Phi) is 6.28. The van der Waals surface area contributed by atoms with Gasteiger partial charge in [0.25, 0.3) is 0 Å². The van der Waals surface area contributed by atoms with E-state index in [2.05, 4.69) is 10.3 Å². The van der Waals surface area contributed by atoms with Crippen LogP contribution >= 0.6 is 0 Å². The predicted molar refractivity (Wildman–Crippen MR) is 124 cm³/mol. The minimum Gasteiger partial charge on any atom is -0.444 e. The molecule has 8 heteroatoms. The summed E-state index contributed by atoms with van der Waals surface area (Å²) in [5.74, 6) is 0.177. The van der Waals surface area contributed by atoms with Crippen LogP contribution < -0.4 is 5.32 Å². The number of aromatic nitrogens is 1. The first-order valence-electron chi connectivity index (χ1n) is 10.2. The molecule has 0 aliphatic heterocycles. The standard InChI is InChI=1S/C25H22N2O5S/c1-17-8-14-22(15-9-17)33(29,30)24-18(2)26-23(32-24)20-10-12-21(13-11-20)27-25(28)31-16-19-6-4-3-5-7-19/h3-15H,16H2,1-2H3,(H,27,28). The summed E-state index contributed by atoms with van der Waals surface area (Å²) < 4.78 is 36.8. The molecule has 0 bridgehead atoms. The van der Waals surface area contributed by atoms with E-state index in [-0.39, 0.29) is 28.2 Å². The Morgan fingerprint density at radius 2 is 1.61 bits per heavy atom. The normalized spacial score (nSPS) is 11.2. The predicted octanol–water partition coefficient (Wildman–Crippen LogP) is 5.54. The van der Waals surface area contributed by atoms with Gasteiger partial charge in [0, 0.05) is 11.3 Å². The van der Waals surface area contributed by atoms with Gasteiger partial charge >= 0.3 is 6.09 Å². The number of oxazole rings is 1. The van der Waals surface area contributed by atoms with Gasteiger partial charge in [-0.1, -0.05) is 48.0 Å². The molecule has 1 aromatic heterocycles. The van der Waals surface area contributed by atoms with Crippen molar-refractivity contribution < 1.29 is 22.4 Å². The third kappa shape index (κ3) is 5.12. The number of sulfone groups is 1. The number of carbonyl (C=O) groups excluding carboxylic acids is 1. The van der Waals surface area contributed by atoms with Gasteiger partial charge in [0.15, 0.2) is 0 Å². The fourth-order valence-corrected chi connectivity index (χ4v) is 4.48. The fraction of sp³-hybridized carbons (Fsp3) is 0.120. The molecule has 0 saturated carbocycles. The Morgan fingerprint density at radius 1 is 0.939 bits per heavy atom. The van der Waals surface area contributed by atoms with E-state index < -0.39 is 15.9 Å². The molecule has 0 fully saturated rings. The van der Waals surface area contributed by atoms with E-state index in [1.807, 2.05) is 37.3 Å². The summed E-state index contributed by atoms with van der Waals surface area (Å²) in [5, 5.41) is 2.46. The SMILES string of the molecule is Cc1ccc(S(=O)(=O)c2oc(-c3ccc(NC(=O)OCc4ccccc4)cc3)nc2C)cc1. The van der Waals surface area contributed by atoms with Crippen LogP contribution in [-0.2, 0) is 21.2 Å². The zero-order valence-corrected chi connectivity index (χ0v) is 18.9. The quantitative estimate of drug-likeness (QED) is 0.404. The van der Waals surface area contributed by atoms with Crippen LogP contribution in [0.1, 0.15) is 16.8 Å². The Bertz CT molecular complexity index is 1360. The highest BCUT2D eigenvalue weighted by Gasteiger charge is 2.26. The summed E-state index contributed by atoms with van der Waals surface area (Å²) in [6.45, 7) is 3.64. The summed E-state index contributed by atoms with van der Waals surface area (Å²) in [6.07, 6.45) is -0.579. The molecule has 33 heavy (non-hydrogen) atoms. The smallest absolute Gasteiger partial charge is 0.411 e. The first kappa shape index (κ1) is 22.3. The van der Waals surface area contributed by atoms with Gasteiger partial charge in [0.1, 0.15) is 6.61 Å². The number of nitrogens with zero attached hydrogens (tertiary/aromatic N) is 1. The number of rotatable bonds is 6. The van der Waals surface area contributed by atoms with Crippen molar-refractivity contribution in [3.8, 4) is 11.5 Å². The molecule has 0 radical (unpaired) electrons. The number of amides is 1. The maximum atomic E-state index is 13.0. The van der Waals surface area contributed by atoms with Crippen molar-refractivity contribution in [3.63, 3.8) is 0 Å². The second-order valence-electron chi connectivity index (χ2n) is 7.47. The fourth-order valence-electron chi connectivity index (χ4n) is 3.15. The Hall–Kier alpha value is -3.91. The number of aryl methyl sites for hydroxylation is 2. The van der Waals surface area contributed by atoms with E-state index >= 15 is 0 Å². The molecule has 4 rings (SSSR count). The van der Waals surface area contributed by atoms with Gasteiger partial charge in [-0.2, -0.15) is 0 Å². The van der Waals surface area contributed by atoms with Crippen molar-refractivity contribution in [1.82, 2.24) is 4.98 Å². The lowest BCUT2D eigenvalue weighted by Crippen LogP contribution is -2.13. The van der Waals surface area contributed by atoms with Crippen LogP contribution in [0.15, 0.2) is 93.3 Å².